The van der Waals surface area contributed by atoms with Gasteiger partial charge in [0.1, 0.15) is 5.82 Å². The summed E-state index contributed by atoms with van der Waals surface area (Å²) in [6.45, 7) is -0.232. The minimum absolute atomic E-state index is 0.0287. The number of carboxylic acids is 1. The molecule has 9 heteroatoms. The first-order valence-electron chi connectivity index (χ1n) is 5.60. The second-order valence-corrected chi connectivity index (χ2v) is 4.24. The van der Waals surface area contributed by atoms with Gasteiger partial charge in [0.25, 0.3) is 0 Å². The van der Waals surface area contributed by atoms with Gasteiger partial charge in [-0.1, -0.05) is 0 Å². The van der Waals surface area contributed by atoms with Crippen LogP contribution in [0.2, 0.25) is 0 Å². The number of nitrogens with zero attached hydrogens (tertiary/aromatic N) is 1. The van der Waals surface area contributed by atoms with Gasteiger partial charge in [-0.25, -0.2) is 4.79 Å². The number of H-pyrrole nitrogens is 1. The van der Waals surface area contributed by atoms with E-state index in [1.54, 1.807) is 0 Å². The minimum Gasteiger partial charge on any atom is -0.478 e. The zero-order valence-corrected chi connectivity index (χ0v) is 9.95. The van der Waals surface area contributed by atoms with Gasteiger partial charge in [0.05, 0.1) is 5.56 Å². The molecule has 0 fully saturated rings. The van der Waals surface area contributed by atoms with E-state index in [0.717, 1.165) is 6.07 Å². The molecule has 0 saturated carbocycles. The van der Waals surface area contributed by atoms with Crippen molar-refractivity contribution in [2.45, 2.75) is 19.0 Å². The Hall–Kier alpha value is -2.32. The normalized spacial score (nSPS) is 14.8. The maximum absolute atomic E-state index is 12.5. The van der Waals surface area contributed by atoms with Crippen molar-refractivity contribution in [2.24, 2.45) is 0 Å². The fourth-order valence-electron chi connectivity index (χ4n) is 2.13. The lowest BCUT2D eigenvalue weighted by Crippen LogP contribution is -2.45. The third-order valence-electron chi connectivity index (χ3n) is 2.92. The molecule has 2 heterocycles. The zero-order chi connectivity index (χ0) is 15.1. The van der Waals surface area contributed by atoms with Crippen molar-refractivity contribution in [2.75, 3.05) is 11.4 Å². The van der Waals surface area contributed by atoms with Crippen molar-refractivity contribution < 1.29 is 27.9 Å². The summed E-state index contributed by atoms with van der Waals surface area (Å²) in [7, 11) is 0. The standard InChI is InChI=1S/C11H9F3N2O4/c12-11(13,14)10(20)16-3-1-2-5-6(9(18)19)4-7(17)15-8(5)16/h4H,1-3H2,(H,15,17)(H,18,19). The first kappa shape index (κ1) is 14.1. The molecule has 2 N–H and O–H groups in total. The molecule has 1 amide bonds. The highest BCUT2D eigenvalue weighted by Crippen LogP contribution is 2.30. The van der Waals surface area contributed by atoms with Gasteiger partial charge in [0.2, 0.25) is 5.56 Å². The molecule has 1 aliphatic rings. The lowest BCUT2D eigenvalue weighted by molar-refractivity contribution is -0.170. The lowest BCUT2D eigenvalue weighted by Gasteiger charge is -2.29. The summed E-state index contributed by atoms with van der Waals surface area (Å²) in [5.41, 5.74) is -1.23. The first-order valence-corrected chi connectivity index (χ1v) is 5.60. The van der Waals surface area contributed by atoms with E-state index in [1.165, 1.54) is 0 Å². The number of amides is 1. The molecule has 0 aliphatic carbocycles. The van der Waals surface area contributed by atoms with Crippen molar-refractivity contribution in [3.05, 3.63) is 27.5 Å². The van der Waals surface area contributed by atoms with Crippen molar-refractivity contribution >= 4 is 17.7 Å². The van der Waals surface area contributed by atoms with Gasteiger partial charge < -0.3 is 10.1 Å². The van der Waals surface area contributed by atoms with Crippen LogP contribution in [-0.2, 0) is 11.2 Å². The number of alkyl halides is 3. The molecule has 0 atom stereocenters. The number of hydrogen-bond donors (Lipinski definition) is 2. The van der Waals surface area contributed by atoms with Crippen molar-refractivity contribution in [3.8, 4) is 0 Å². The third kappa shape index (κ3) is 2.38. The number of aromatic carboxylic acids is 1. The predicted molar refractivity (Wildman–Crippen MR) is 60.8 cm³/mol. The largest absolute Gasteiger partial charge is 0.478 e. The monoisotopic (exact) mass is 290 g/mol. The number of pyridine rings is 1. The Morgan fingerprint density at radius 1 is 1.35 bits per heavy atom. The maximum atomic E-state index is 12.5. The number of aromatic amines is 1. The van der Waals surface area contributed by atoms with E-state index in [4.69, 9.17) is 5.11 Å². The van der Waals surface area contributed by atoms with Gasteiger partial charge in [-0.2, -0.15) is 13.2 Å². The van der Waals surface area contributed by atoms with Crippen LogP contribution in [0, 0.1) is 0 Å². The smallest absolute Gasteiger partial charge is 0.471 e. The molecule has 1 aromatic heterocycles. The molecule has 108 valence electrons. The quantitative estimate of drug-likeness (QED) is 0.804. The molecule has 0 radical (unpaired) electrons. The van der Waals surface area contributed by atoms with E-state index >= 15 is 0 Å². The van der Waals surface area contributed by atoms with E-state index in [9.17, 15) is 27.6 Å². The Balaban J connectivity index is 2.60. The van der Waals surface area contributed by atoms with Crippen LogP contribution in [0.4, 0.5) is 19.0 Å². The number of carbonyl (C=O) groups excluding carboxylic acids is 1. The van der Waals surface area contributed by atoms with Crippen molar-refractivity contribution in [3.63, 3.8) is 0 Å². The number of carboxylic acid groups (broad SMARTS) is 1. The maximum Gasteiger partial charge on any atom is 0.471 e. The van der Waals surface area contributed by atoms with E-state index in [1.807, 2.05) is 0 Å². The number of fused-ring (bicyclic) bond motifs is 1. The molecule has 1 aliphatic heterocycles. The van der Waals surface area contributed by atoms with Crippen LogP contribution in [0.15, 0.2) is 10.9 Å². The van der Waals surface area contributed by atoms with Crippen LogP contribution in [0.3, 0.4) is 0 Å². The second-order valence-electron chi connectivity index (χ2n) is 4.24. The Morgan fingerprint density at radius 3 is 2.55 bits per heavy atom. The molecule has 2 rings (SSSR count). The summed E-state index contributed by atoms with van der Waals surface area (Å²) in [6.07, 6.45) is -4.73. The van der Waals surface area contributed by atoms with Crippen LogP contribution in [0.1, 0.15) is 22.3 Å². The molecule has 0 unspecified atom stereocenters. The van der Waals surface area contributed by atoms with E-state index < -0.39 is 23.6 Å². The molecule has 0 saturated heterocycles. The van der Waals surface area contributed by atoms with Gasteiger partial charge in [-0.15, -0.1) is 0 Å². The van der Waals surface area contributed by atoms with E-state index in [0.29, 0.717) is 4.90 Å². The average molecular weight is 290 g/mol. The summed E-state index contributed by atoms with van der Waals surface area (Å²) in [5, 5.41) is 8.97. The molecular formula is C11H9F3N2O4. The lowest BCUT2D eigenvalue weighted by atomic mass is 10.00. The van der Waals surface area contributed by atoms with Gasteiger partial charge >= 0.3 is 18.1 Å². The molecule has 0 aromatic carbocycles. The van der Waals surface area contributed by atoms with Crippen molar-refractivity contribution in [1.29, 1.82) is 0 Å². The summed E-state index contributed by atoms with van der Waals surface area (Å²) in [6, 6.07) is 0.794. The Bertz CT molecular complexity index is 636. The highest BCUT2D eigenvalue weighted by molar-refractivity contribution is 5.99. The number of aromatic nitrogens is 1. The molecule has 0 bridgehead atoms. The third-order valence-corrected chi connectivity index (χ3v) is 2.92. The van der Waals surface area contributed by atoms with Gasteiger partial charge in [-0.3, -0.25) is 14.5 Å². The molecule has 6 nitrogen and oxygen atoms in total. The molecule has 1 aromatic rings. The van der Waals surface area contributed by atoms with Crippen LogP contribution in [0.5, 0.6) is 0 Å². The Labute approximate surface area is 109 Å². The molecular weight excluding hydrogens is 281 g/mol. The number of anilines is 1. The fourth-order valence-corrected chi connectivity index (χ4v) is 2.13. The highest BCUT2D eigenvalue weighted by Gasteiger charge is 2.44. The van der Waals surface area contributed by atoms with Crippen LogP contribution >= 0.6 is 0 Å². The SMILES string of the molecule is O=C(O)c1cc(=O)[nH]c2c1CCCN2C(=O)C(F)(F)F. The number of carbonyl (C=O) groups is 2. The average Bonchev–Trinajstić information content (AvgIpc) is 2.35. The van der Waals surface area contributed by atoms with Crippen molar-refractivity contribution in [1.82, 2.24) is 4.98 Å². The number of halogens is 3. The van der Waals surface area contributed by atoms with Gasteiger partial charge in [0.15, 0.2) is 0 Å². The number of nitrogens with one attached hydrogen (secondary N) is 1. The topological polar surface area (TPSA) is 90.5 Å². The van der Waals surface area contributed by atoms with E-state index in [-0.39, 0.29) is 36.3 Å². The number of hydrogen-bond acceptors (Lipinski definition) is 3. The van der Waals surface area contributed by atoms with Crippen LogP contribution in [0.25, 0.3) is 0 Å². The molecule has 20 heavy (non-hydrogen) atoms. The number of rotatable bonds is 1. The first-order chi connectivity index (χ1) is 9.21. The van der Waals surface area contributed by atoms with Gasteiger partial charge in [0, 0.05) is 18.2 Å². The van der Waals surface area contributed by atoms with Crippen LogP contribution < -0.4 is 10.5 Å². The highest BCUT2D eigenvalue weighted by atomic mass is 19.4. The summed E-state index contributed by atoms with van der Waals surface area (Å²) < 4.78 is 37.5. The second kappa shape index (κ2) is 4.66. The van der Waals surface area contributed by atoms with Crippen LogP contribution in [-0.4, -0.2) is 34.7 Å². The van der Waals surface area contributed by atoms with Gasteiger partial charge in [-0.05, 0) is 12.8 Å². The Morgan fingerprint density at radius 2 is 2.00 bits per heavy atom. The predicted octanol–water partition coefficient (Wildman–Crippen LogP) is 0.915. The summed E-state index contributed by atoms with van der Waals surface area (Å²) in [5.74, 6) is -3.94. The zero-order valence-electron chi connectivity index (χ0n) is 9.95. The fraction of sp³-hybridized carbons (Fsp3) is 0.364. The van der Waals surface area contributed by atoms with E-state index in [2.05, 4.69) is 4.98 Å². The summed E-state index contributed by atoms with van der Waals surface area (Å²) in [4.78, 5) is 36.2. The minimum atomic E-state index is -5.09. The Kier molecular flexibility index (Phi) is 3.28. The summed E-state index contributed by atoms with van der Waals surface area (Å²) >= 11 is 0. The molecule has 0 spiro atoms.